The summed E-state index contributed by atoms with van der Waals surface area (Å²) in [5.41, 5.74) is 0.146. The number of alkyl halides is 2. The average molecular weight is 477 g/mol. The van der Waals surface area contributed by atoms with Gasteiger partial charge < -0.3 is 14.1 Å². The molecule has 0 radical (unpaired) electrons. The van der Waals surface area contributed by atoms with E-state index in [1.165, 1.54) is 24.3 Å². The number of ether oxygens (including phenoxy) is 1. The first-order valence-corrected chi connectivity index (χ1v) is 11.2. The third-order valence-electron chi connectivity index (χ3n) is 4.91. The molecule has 1 aliphatic heterocycles. The lowest BCUT2D eigenvalue weighted by Gasteiger charge is -2.17. The molecule has 0 saturated carbocycles. The maximum Gasteiger partial charge on any atom is 0.387 e. The van der Waals surface area contributed by atoms with Crippen LogP contribution in [0.3, 0.4) is 0 Å². The Balaban J connectivity index is 1.38. The normalized spacial score (nSPS) is 13.5. The van der Waals surface area contributed by atoms with E-state index in [0.717, 1.165) is 43.5 Å². The molecule has 3 heterocycles. The fourth-order valence-corrected chi connectivity index (χ4v) is 4.12. The second kappa shape index (κ2) is 10.5. The van der Waals surface area contributed by atoms with Gasteiger partial charge in [0, 0.05) is 18.7 Å². The third-order valence-corrected chi connectivity index (χ3v) is 5.87. The van der Waals surface area contributed by atoms with E-state index in [2.05, 4.69) is 25.2 Å². The van der Waals surface area contributed by atoms with Gasteiger partial charge in [0.15, 0.2) is 5.16 Å². The number of hydrogen-bond donors (Lipinski definition) is 1. The Bertz CT molecular complexity index is 1080. The van der Waals surface area contributed by atoms with Crippen LogP contribution in [0.4, 0.5) is 14.7 Å². The lowest BCUT2D eigenvalue weighted by molar-refractivity contribution is -0.117. The highest BCUT2D eigenvalue weighted by Crippen LogP contribution is 2.26. The summed E-state index contributed by atoms with van der Waals surface area (Å²) in [6, 6.07) is 8.72. The van der Waals surface area contributed by atoms with Crippen molar-refractivity contribution in [1.82, 2.24) is 20.1 Å². The van der Waals surface area contributed by atoms with Gasteiger partial charge in [0.05, 0.1) is 18.6 Å². The quantitative estimate of drug-likeness (QED) is 0.469. The van der Waals surface area contributed by atoms with Crippen molar-refractivity contribution in [3.8, 4) is 5.75 Å². The standard InChI is InChI=1S/C21H21F2N5O4S/c22-19(23)32-15-7-5-14(6-8-15)18(30)24-17(29)13-33-21-26-25-20(27-9-1-2-10-27)28(21)12-16-4-3-11-31-16/h3-8,11,19H,1-2,9-10,12-13H2,(H,24,29,30). The van der Waals surface area contributed by atoms with E-state index in [-0.39, 0.29) is 17.1 Å². The van der Waals surface area contributed by atoms with Gasteiger partial charge in [-0.25, -0.2) is 0 Å². The molecule has 174 valence electrons. The zero-order valence-electron chi connectivity index (χ0n) is 17.4. The van der Waals surface area contributed by atoms with Crippen LogP contribution in [-0.4, -0.2) is 52.0 Å². The minimum absolute atomic E-state index is 0.0609. The zero-order chi connectivity index (χ0) is 23.2. The number of benzene rings is 1. The molecule has 9 nitrogen and oxygen atoms in total. The Morgan fingerprint density at radius 1 is 1.15 bits per heavy atom. The predicted octanol–water partition coefficient (Wildman–Crippen LogP) is 3.17. The van der Waals surface area contributed by atoms with E-state index in [9.17, 15) is 18.4 Å². The van der Waals surface area contributed by atoms with Crippen LogP contribution in [-0.2, 0) is 11.3 Å². The molecule has 0 bridgehead atoms. The van der Waals surface area contributed by atoms with Crippen molar-refractivity contribution >= 4 is 29.5 Å². The first-order valence-electron chi connectivity index (χ1n) is 10.2. The number of carbonyl (C=O) groups excluding carboxylic acids is 2. The van der Waals surface area contributed by atoms with E-state index in [0.29, 0.717) is 17.6 Å². The number of thioether (sulfide) groups is 1. The number of rotatable bonds is 9. The van der Waals surface area contributed by atoms with Gasteiger partial charge in [-0.3, -0.25) is 19.5 Å². The molecule has 1 fully saturated rings. The van der Waals surface area contributed by atoms with Crippen molar-refractivity contribution < 1.29 is 27.5 Å². The van der Waals surface area contributed by atoms with Crippen LogP contribution in [0.2, 0.25) is 0 Å². The van der Waals surface area contributed by atoms with Gasteiger partial charge in [-0.15, -0.1) is 10.2 Å². The van der Waals surface area contributed by atoms with Gasteiger partial charge in [-0.05, 0) is 49.2 Å². The number of amides is 2. The van der Waals surface area contributed by atoms with Crippen molar-refractivity contribution in [3.63, 3.8) is 0 Å². The van der Waals surface area contributed by atoms with E-state index >= 15 is 0 Å². The monoisotopic (exact) mass is 477 g/mol. The molecule has 3 aromatic rings. The summed E-state index contributed by atoms with van der Waals surface area (Å²) in [5, 5.41) is 11.4. The van der Waals surface area contributed by atoms with Gasteiger partial charge in [-0.2, -0.15) is 8.78 Å². The topological polar surface area (TPSA) is 102 Å². The number of nitrogens with zero attached hydrogens (tertiary/aromatic N) is 4. The zero-order valence-corrected chi connectivity index (χ0v) is 18.3. The molecule has 12 heteroatoms. The number of furan rings is 1. The highest BCUT2D eigenvalue weighted by molar-refractivity contribution is 7.99. The van der Waals surface area contributed by atoms with Crippen LogP contribution in [0, 0.1) is 0 Å². The van der Waals surface area contributed by atoms with Crippen molar-refractivity contribution in [2.24, 2.45) is 0 Å². The Morgan fingerprint density at radius 2 is 1.91 bits per heavy atom. The molecule has 0 spiro atoms. The van der Waals surface area contributed by atoms with Crippen LogP contribution in [0.5, 0.6) is 5.75 Å². The third kappa shape index (κ3) is 5.89. The Morgan fingerprint density at radius 3 is 2.58 bits per heavy atom. The second-order valence-corrected chi connectivity index (χ2v) is 8.15. The highest BCUT2D eigenvalue weighted by Gasteiger charge is 2.23. The Hall–Kier alpha value is -3.41. The maximum atomic E-state index is 12.3. The molecule has 2 amide bonds. The molecule has 1 aromatic carbocycles. The van der Waals surface area contributed by atoms with Gasteiger partial charge in [0.25, 0.3) is 5.91 Å². The molecule has 2 aromatic heterocycles. The molecule has 1 N–H and O–H groups in total. The number of aromatic nitrogens is 3. The SMILES string of the molecule is O=C(CSc1nnc(N2CCCC2)n1Cc1ccco1)NC(=O)c1ccc(OC(F)F)cc1. The first kappa shape index (κ1) is 22.8. The van der Waals surface area contributed by atoms with Crippen molar-refractivity contribution in [2.75, 3.05) is 23.7 Å². The molecule has 4 rings (SSSR count). The summed E-state index contributed by atoms with van der Waals surface area (Å²) in [6.45, 7) is -0.764. The second-order valence-electron chi connectivity index (χ2n) is 7.21. The summed E-state index contributed by atoms with van der Waals surface area (Å²) in [7, 11) is 0. The van der Waals surface area contributed by atoms with E-state index in [1.54, 1.807) is 12.3 Å². The molecule has 1 saturated heterocycles. The molecular weight excluding hydrogens is 456 g/mol. The number of carbonyl (C=O) groups is 2. The van der Waals surface area contributed by atoms with Gasteiger partial charge in [0.1, 0.15) is 11.5 Å². The number of anilines is 1. The Labute approximate surface area is 192 Å². The first-order chi connectivity index (χ1) is 16.0. The number of hydrogen-bond acceptors (Lipinski definition) is 8. The van der Waals surface area contributed by atoms with E-state index < -0.39 is 18.4 Å². The lowest BCUT2D eigenvalue weighted by Crippen LogP contribution is -2.31. The molecule has 0 aliphatic carbocycles. The lowest BCUT2D eigenvalue weighted by atomic mass is 10.2. The Kier molecular flexibility index (Phi) is 7.23. The molecule has 0 unspecified atom stereocenters. The van der Waals surface area contributed by atoms with Crippen molar-refractivity contribution in [2.45, 2.75) is 31.2 Å². The predicted molar refractivity (Wildman–Crippen MR) is 116 cm³/mol. The largest absolute Gasteiger partial charge is 0.467 e. The summed E-state index contributed by atoms with van der Waals surface area (Å²) in [4.78, 5) is 26.8. The van der Waals surface area contributed by atoms with Gasteiger partial charge in [0.2, 0.25) is 11.9 Å². The average Bonchev–Trinajstić information content (AvgIpc) is 3.55. The minimum Gasteiger partial charge on any atom is -0.467 e. The van der Waals surface area contributed by atoms with Gasteiger partial charge in [-0.1, -0.05) is 11.8 Å². The fraction of sp³-hybridized carbons (Fsp3) is 0.333. The number of imide groups is 1. The minimum atomic E-state index is -2.95. The van der Waals surface area contributed by atoms with E-state index in [1.807, 2.05) is 10.6 Å². The summed E-state index contributed by atoms with van der Waals surface area (Å²) in [5.74, 6) is 0.152. The molecule has 1 aliphatic rings. The maximum absolute atomic E-state index is 12.3. The number of halogens is 2. The molecule has 0 atom stereocenters. The fourth-order valence-electron chi connectivity index (χ4n) is 3.39. The van der Waals surface area contributed by atoms with Crippen LogP contribution in [0.15, 0.2) is 52.2 Å². The highest BCUT2D eigenvalue weighted by atomic mass is 32.2. The number of nitrogens with one attached hydrogen (secondary N) is 1. The van der Waals surface area contributed by atoms with Gasteiger partial charge >= 0.3 is 6.61 Å². The summed E-state index contributed by atoms with van der Waals surface area (Å²) < 4.78 is 36.1. The summed E-state index contributed by atoms with van der Waals surface area (Å²) >= 11 is 1.16. The smallest absolute Gasteiger partial charge is 0.387 e. The van der Waals surface area contributed by atoms with E-state index in [4.69, 9.17) is 4.42 Å². The van der Waals surface area contributed by atoms with Crippen LogP contribution >= 0.6 is 11.8 Å². The molecular formula is C21H21F2N5O4S. The van der Waals surface area contributed by atoms with Crippen molar-refractivity contribution in [1.29, 1.82) is 0 Å². The van der Waals surface area contributed by atoms with Crippen LogP contribution < -0.4 is 15.0 Å². The van der Waals surface area contributed by atoms with Crippen molar-refractivity contribution in [3.05, 3.63) is 54.0 Å². The van der Waals surface area contributed by atoms with Crippen LogP contribution in [0.1, 0.15) is 29.0 Å². The summed E-state index contributed by atoms with van der Waals surface area (Å²) in [6.07, 6.45) is 3.75. The molecule has 33 heavy (non-hydrogen) atoms. The van der Waals surface area contributed by atoms with Crippen LogP contribution in [0.25, 0.3) is 0 Å².